The Hall–Kier alpha value is -0.260. The van der Waals surface area contributed by atoms with Gasteiger partial charge in [-0.1, -0.05) is 57.6 Å². The minimum atomic E-state index is 0.795. The molecule has 0 radical (unpaired) electrons. The van der Waals surface area contributed by atoms with Gasteiger partial charge in [-0.25, -0.2) is 0 Å². The second kappa shape index (κ2) is 5.89. The van der Waals surface area contributed by atoms with E-state index in [0.29, 0.717) is 0 Å². The van der Waals surface area contributed by atoms with Crippen molar-refractivity contribution in [3.63, 3.8) is 0 Å². The van der Waals surface area contributed by atoms with Gasteiger partial charge in [0.25, 0.3) is 0 Å². The SMILES string of the molecule is C=C(C1CCCCC1)C(C)C1CCCCC1. The highest BCUT2D eigenvalue weighted by molar-refractivity contribution is 5.07. The van der Waals surface area contributed by atoms with Crippen LogP contribution in [0.4, 0.5) is 0 Å². The van der Waals surface area contributed by atoms with Gasteiger partial charge in [0.15, 0.2) is 0 Å². The Labute approximate surface area is 102 Å². The fourth-order valence-electron chi connectivity index (χ4n) is 3.78. The smallest absolute Gasteiger partial charge is 0.0203 e. The first-order valence-corrected chi connectivity index (χ1v) is 7.47. The zero-order valence-electron chi connectivity index (χ0n) is 11.0. The van der Waals surface area contributed by atoms with Crippen LogP contribution in [0, 0.1) is 17.8 Å². The lowest BCUT2D eigenvalue weighted by molar-refractivity contribution is 0.264. The van der Waals surface area contributed by atoms with E-state index in [-0.39, 0.29) is 0 Å². The summed E-state index contributed by atoms with van der Waals surface area (Å²) >= 11 is 0. The number of hydrogen-bond donors (Lipinski definition) is 0. The van der Waals surface area contributed by atoms with Gasteiger partial charge in [-0.3, -0.25) is 0 Å². The Morgan fingerprint density at radius 2 is 1.38 bits per heavy atom. The molecule has 16 heavy (non-hydrogen) atoms. The molecule has 1 unspecified atom stereocenters. The molecule has 2 aliphatic carbocycles. The van der Waals surface area contributed by atoms with Crippen molar-refractivity contribution in [2.75, 3.05) is 0 Å². The molecule has 0 aliphatic heterocycles. The van der Waals surface area contributed by atoms with Crippen LogP contribution in [0.1, 0.15) is 71.1 Å². The zero-order valence-corrected chi connectivity index (χ0v) is 11.0. The second-order valence-corrected chi connectivity index (χ2v) is 6.10. The average Bonchev–Trinajstić information content (AvgIpc) is 2.39. The van der Waals surface area contributed by atoms with Crippen LogP contribution in [0.25, 0.3) is 0 Å². The number of hydrogen-bond acceptors (Lipinski definition) is 0. The van der Waals surface area contributed by atoms with Crippen LogP contribution < -0.4 is 0 Å². The van der Waals surface area contributed by atoms with Gasteiger partial charge in [0.05, 0.1) is 0 Å². The van der Waals surface area contributed by atoms with Gasteiger partial charge in [-0.15, -0.1) is 0 Å². The highest BCUT2D eigenvalue weighted by Crippen LogP contribution is 2.39. The Kier molecular flexibility index (Phi) is 4.49. The van der Waals surface area contributed by atoms with Crippen molar-refractivity contribution < 1.29 is 0 Å². The van der Waals surface area contributed by atoms with Crippen LogP contribution in [-0.2, 0) is 0 Å². The number of allylic oxidation sites excluding steroid dienone is 1. The van der Waals surface area contributed by atoms with E-state index in [9.17, 15) is 0 Å². The quantitative estimate of drug-likeness (QED) is 0.563. The molecule has 0 N–H and O–H groups in total. The lowest BCUT2D eigenvalue weighted by atomic mass is 9.72. The van der Waals surface area contributed by atoms with Crippen LogP contribution >= 0.6 is 0 Å². The molecule has 0 bridgehead atoms. The largest absolute Gasteiger partial charge is 0.0993 e. The summed E-state index contributed by atoms with van der Waals surface area (Å²) in [5.74, 6) is 2.62. The zero-order chi connectivity index (χ0) is 11.4. The Balaban J connectivity index is 1.86. The monoisotopic (exact) mass is 220 g/mol. The van der Waals surface area contributed by atoms with E-state index >= 15 is 0 Å². The highest BCUT2D eigenvalue weighted by atomic mass is 14.3. The van der Waals surface area contributed by atoms with E-state index in [4.69, 9.17) is 0 Å². The first kappa shape index (κ1) is 12.2. The molecule has 2 aliphatic rings. The van der Waals surface area contributed by atoms with Crippen LogP contribution in [0.2, 0.25) is 0 Å². The molecule has 0 spiro atoms. The predicted molar refractivity (Wildman–Crippen MR) is 71.5 cm³/mol. The van der Waals surface area contributed by atoms with Gasteiger partial charge in [0, 0.05) is 0 Å². The third-order valence-corrected chi connectivity index (χ3v) is 5.07. The summed E-state index contributed by atoms with van der Waals surface area (Å²) in [6.45, 7) is 6.90. The van der Waals surface area contributed by atoms with E-state index in [1.807, 2.05) is 0 Å². The Bertz CT molecular complexity index is 216. The topological polar surface area (TPSA) is 0 Å². The molecule has 0 saturated heterocycles. The van der Waals surface area contributed by atoms with Crippen molar-refractivity contribution in [2.45, 2.75) is 71.1 Å². The summed E-state index contributed by atoms with van der Waals surface area (Å²) in [6, 6.07) is 0. The first-order valence-electron chi connectivity index (χ1n) is 7.47. The normalized spacial score (nSPS) is 26.6. The summed E-state index contributed by atoms with van der Waals surface area (Å²) in [4.78, 5) is 0. The Morgan fingerprint density at radius 3 is 1.94 bits per heavy atom. The van der Waals surface area contributed by atoms with Crippen molar-refractivity contribution in [1.29, 1.82) is 0 Å². The maximum absolute atomic E-state index is 4.45. The average molecular weight is 220 g/mol. The first-order chi connectivity index (χ1) is 7.79. The molecule has 1 atom stereocenters. The molecule has 92 valence electrons. The van der Waals surface area contributed by atoms with E-state index < -0.39 is 0 Å². The molecule has 2 saturated carbocycles. The van der Waals surface area contributed by atoms with Crippen molar-refractivity contribution in [3.05, 3.63) is 12.2 Å². The van der Waals surface area contributed by atoms with Crippen LogP contribution in [0.3, 0.4) is 0 Å². The summed E-state index contributed by atoms with van der Waals surface area (Å²) in [7, 11) is 0. The van der Waals surface area contributed by atoms with Crippen molar-refractivity contribution >= 4 is 0 Å². The van der Waals surface area contributed by atoms with Crippen LogP contribution in [-0.4, -0.2) is 0 Å². The molecule has 2 fully saturated rings. The maximum atomic E-state index is 4.45. The van der Waals surface area contributed by atoms with Gasteiger partial charge < -0.3 is 0 Å². The summed E-state index contributed by atoms with van der Waals surface area (Å²) < 4.78 is 0. The minimum absolute atomic E-state index is 0.795. The molecule has 2 rings (SSSR count). The lowest BCUT2D eigenvalue weighted by Gasteiger charge is -2.34. The molecule has 0 aromatic rings. The fourth-order valence-corrected chi connectivity index (χ4v) is 3.78. The highest BCUT2D eigenvalue weighted by Gasteiger charge is 2.26. The molecule has 0 aromatic heterocycles. The molecular formula is C16H28. The third-order valence-electron chi connectivity index (χ3n) is 5.07. The minimum Gasteiger partial charge on any atom is -0.0993 e. The molecule has 0 heteroatoms. The van der Waals surface area contributed by atoms with Gasteiger partial charge in [-0.2, -0.15) is 0 Å². The molecule has 0 amide bonds. The van der Waals surface area contributed by atoms with Gasteiger partial charge in [-0.05, 0) is 43.4 Å². The van der Waals surface area contributed by atoms with E-state index in [1.54, 1.807) is 5.57 Å². The standard InChI is InChI=1S/C16H28/c1-13(15-9-5-3-6-10-15)14(2)16-11-7-4-8-12-16/h14-16H,1,3-12H2,2H3. The van der Waals surface area contributed by atoms with Gasteiger partial charge >= 0.3 is 0 Å². The molecule has 0 nitrogen and oxygen atoms in total. The second-order valence-electron chi connectivity index (χ2n) is 6.10. The van der Waals surface area contributed by atoms with Crippen molar-refractivity contribution in [3.8, 4) is 0 Å². The third kappa shape index (κ3) is 2.90. The maximum Gasteiger partial charge on any atom is -0.0203 e. The van der Waals surface area contributed by atoms with E-state index in [1.165, 1.54) is 64.2 Å². The van der Waals surface area contributed by atoms with Crippen LogP contribution in [0.5, 0.6) is 0 Å². The summed E-state index contributed by atoms with van der Waals surface area (Å²) in [5.41, 5.74) is 1.60. The van der Waals surface area contributed by atoms with Crippen molar-refractivity contribution in [2.24, 2.45) is 17.8 Å². The van der Waals surface area contributed by atoms with Crippen molar-refractivity contribution in [1.82, 2.24) is 0 Å². The van der Waals surface area contributed by atoms with Gasteiger partial charge in [0.2, 0.25) is 0 Å². The Morgan fingerprint density at radius 1 is 0.875 bits per heavy atom. The molecule has 0 aromatic carbocycles. The van der Waals surface area contributed by atoms with E-state index in [0.717, 1.165) is 17.8 Å². The molecular weight excluding hydrogens is 192 g/mol. The summed E-state index contributed by atoms with van der Waals surface area (Å²) in [5, 5.41) is 0. The fraction of sp³-hybridized carbons (Fsp3) is 0.875. The predicted octanol–water partition coefficient (Wildman–Crippen LogP) is 5.34. The summed E-state index contributed by atoms with van der Waals surface area (Å²) in [6.07, 6.45) is 14.5. The van der Waals surface area contributed by atoms with E-state index in [2.05, 4.69) is 13.5 Å². The van der Waals surface area contributed by atoms with Crippen LogP contribution in [0.15, 0.2) is 12.2 Å². The lowest BCUT2D eigenvalue weighted by Crippen LogP contribution is -2.22. The van der Waals surface area contributed by atoms with Gasteiger partial charge in [0.1, 0.15) is 0 Å². The molecule has 0 heterocycles. The number of rotatable bonds is 3.